The third-order valence-electron chi connectivity index (χ3n) is 6.36. The molecule has 1 N–H and O–H groups in total. The zero-order valence-corrected chi connectivity index (χ0v) is 19.2. The molecule has 2 aliphatic heterocycles. The van der Waals surface area contributed by atoms with Crippen LogP contribution in [0.3, 0.4) is 0 Å². The molecule has 5 rings (SSSR count). The summed E-state index contributed by atoms with van der Waals surface area (Å²) in [5, 5.41) is 3.44. The van der Waals surface area contributed by atoms with Gasteiger partial charge in [-0.1, -0.05) is 36.4 Å². The molecule has 2 atom stereocenters. The summed E-state index contributed by atoms with van der Waals surface area (Å²) in [4.78, 5) is 41.8. The monoisotopic (exact) mass is 481 g/mol. The molecule has 34 heavy (non-hydrogen) atoms. The molecule has 2 aliphatic rings. The summed E-state index contributed by atoms with van der Waals surface area (Å²) in [5.74, 6) is -1.06. The number of carbonyl (C=O) groups is 3. The van der Waals surface area contributed by atoms with Gasteiger partial charge in [-0.25, -0.2) is 13.2 Å². The van der Waals surface area contributed by atoms with Crippen molar-refractivity contribution in [2.45, 2.75) is 24.9 Å². The fourth-order valence-corrected chi connectivity index (χ4v) is 6.27. The van der Waals surface area contributed by atoms with E-state index in [1.54, 1.807) is 48.5 Å². The first-order valence-corrected chi connectivity index (χ1v) is 12.7. The number of para-hydroxylation sites is 2. The average Bonchev–Trinajstić information content (AvgIpc) is 3.46. The zero-order chi connectivity index (χ0) is 24.1. The summed E-state index contributed by atoms with van der Waals surface area (Å²) in [6.07, 6.45) is 0.291. The Kier molecular flexibility index (Phi) is 5.20. The lowest BCUT2D eigenvalue weighted by Crippen LogP contribution is -2.48. The topological polar surface area (TPSA) is 117 Å². The van der Waals surface area contributed by atoms with Crippen LogP contribution < -0.4 is 10.2 Å². The molecule has 9 nitrogen and oxygen atoms in total. The number of rotatable bonds is 5. The van der Waals surface area contributed by atoms with Gasteiger partial charge in [-0.15, -0.1) is 0 Å². The first-order chi connectivity index (χ1) is 16.2. The van der Waals surface area contributed by atoms with Crippen LogP contribution in [0.15, 0.2) is 65.1 Å². The number of fused-ring (bicyclic) bond motifs is 1. The van der Waals surface area contributed by atoms with Gasteiger partial charge in [0.25, 0.3) is 5.91 Å². The van der Waals surface area contributed by atoms with Gasteiger partial charge in [0, 0.05) is 11.1 Å². The number of sulfone groups is 1. The van der Waals surface area contributed by atoms with Gasteiger partial charge in [-0.3, -0.25) is 14.5 Å². The minimum absolute atomic E-state index is 0.0124. The highest BCUT2D eigenvalue weighted by Crippen LogP contribution is 2.33. The number of amides is 4. The number of anilines is 1. The third kappa shape index (κ3) is 3.73. The van der Waals surface area contributed by atoms with Crippen LogP contribution in [0.25, 0.3) is 11.0 Å². The number of imide groups is 1. The predicted molar refractivity (Wildman–Crippen MR) is 125 cm³/mol. The van der Waals surface area contributed by atoms with Crippen molar-refractivity contribution in [3.8, 4) is 0 Å². The maximum atomic E-state index is 13.4. The van der Waals surface area contributed by atoms with Crippen molar-refractivity contribution < 1.29 is 27.2 Å². The van der Waals surface area contributed by atoms with Gasteiger partial charge in [-0.2, -0.15) is 0 Å². The summed E-state index contributed by atoms with van der Waals surface area (Å²) >= 11 is 0. The van der Waals surface area contributed by atoms with Crippen LogP contribution in [0.1, 0.15) is 19.1 Å². The van der Waals surface area contributed by atoms with E-state index in [0.29, 0.717) is 17.7 Å². The van der Waals surface area contributed by atoms with E-state index in [1.807, 2.05) is 12.1 Å². The molecular formula is C24H23N3O6S. The van der Waals surface area contributed by atoms with Crippen molar-refractivity contribution >= 4 is 44.3 Å². The highest BCUT2D eigenvalue weighted by Gasteiger charge is 2.52. The largest absolute Gasteiger partial charge is 0.458 e. The molecule has 1 aromatic heterocycles. The van der Waals surface area contributed by atoms with Crippen LogP contribution in [-0.4, -0.2) is 55.3 Å². The standard InChI is InChI=1S/C24H23N3O6S/c1-24(20-13-16-7-5-6-10-19(16)33-20)22(29)26(23(30)25-24)14-21(28)27(17-8-3-2-4-9-17)18-11-12-34(31,32)15-18/h2-10,13,18H,11-12,14-15H2,1H3,(H,25,30). The van der Waals surface area contributed by atoms with Crippen molar-refractivity contribution in [3.05, 3.63) is 66.4 Å². The predicted octanol–water partition coefficient (Wildman–Crippen LogP) is 2.42. The quantitative estimate of drug-likeness (QED) is 0.560. The molecule has 3 heterocycles. The first kappa shape index (κ1) is 22.1. The Labute approximate surface area is 196 Å². The molecule has 2 saturated heterocycles. The van der Waals surface area contributed by atoms with Crippen molar-refractivity contribution in [1.29, 1.82) is 0 Å². The molecule has 10 heteroatoms. The summed E-state index contributed by atoms with van der Waals surface area (Å²) in [6, 6.07) is 16.3. The Morgan fingerprint density at radius 2 is 1.85 bits per heavy atom. The molecule has 0 aliphatic carbocycles. The fourth-order valence-electron chi connectivity index (χ4n) is 4.57. The molecule has 0 saturated carbocycles. The molecule has 176 valence electrons. The number of nitrogens with one attached hydrogen (secondary N) is 1. The minimum atomic E-state index is -3.26. The van der Waals surface area contributed by atoms with Gasteiger partial charge in [0.05, 0.1) is 17.5 Å². The van der Waals surface area contributed by atoms with Gasteiger partial charge in [0.1, 0.15) is 17.9 Å². The maximum absolute atomic E-state index is 13.4. The lowest BCUT2D eigenvalue weighted by atomic mass is 9.99. The molecular weight excluding hydrogens is 458 g/mol. The number of carbonyl (C=O) groups excluding carboxylic acids is 3. The second kappa shape index (κ2) is 7.98. The summed E-state index contributed by atoms with van der Waals surface area (Å²) in [5.41, 5.74) is -0.375. The molecule has 0 radical (unpaired) electrons. The van der Waals surface area contributed by atoms with Crippen molar-refractivity contribution in [2.24, 2.45) is 0 Å². The number of nitrogens with zero attached hydrogens (tertiary/aromatic N) is 2. The molecule has 2 aromatic carbocycles. The van der Waals surface area contributed by atoms with E-state index < -0.39 is 45.8 Å². The van der Waals surface area contributed by atoms with Gasteiger partial charge >= 0.3 is 6.03 Å². The van der Waals surface area contributed by atoms with Crippen LogP contribution >= 0.6 is 0 Å². The van der Waals surface area contributed by atoms with Crippen LogP contribution in [-0.2, 0) is 25.0 Å². The highest BCUT2D eigenvalue weighted by molar-refractivity contribution is 7.91. The second-order valence-electron chi connectivity index (χ2n) is 8.75. The van der Waals surface area contributed by atoms with Crippen molar-refractivity contribution in [3.63, 3.8) is 0 Å². The first-order valence-electron chi connectivity index (χ1n) is 10.9. The molecule has 3 aromatic rings. The smallest absolute Gasteiger partial charge is 0.325 e. The van der Waals surface area contributed by atoms with Crippen LogP contribution in [0, 0.1) is 0 Å². The maximum Gasteiger partial charge on any atom is 0.325 e. The van der Waals surface area contributed by atoms with Gasteiger partial charge in [0.2, 0.25) is 5.91 Å². The fraction of sp³-hybridized carbons (Fsp3) is 0.292. The van der Waals surface area contributed by atoms with E-state index >= 15 is 0 Å². The molecule has 4 amide bonds. The highest BCUT2D eigenvalue weighted by atomic mass is 32.2. The number of hydrogen-bond acceptors (Lipinski definition) is 6. The average molecular weight is 482 g/mol. The number of benzene rings is 2. The number of urea groups is 1. The Bertz CT molecular complexity index is 1370. The van der Waals surface area contributed by atoms with E-state index in [-0.39, 0.29) is 17.3 Å². The Balaban J connectivity index is 1.42. The molecule has 0 bridgehead atoms. The molecule has 2 unspecified atom stereocenters. The van der Waals surface area contributed by atoms with Crippen LogP contribution in [0.4, 0.5) is 10.5 Å². The Morgan fingerprint density at radius 1 is 1.15 bits per heavy atom. The van der Waals surface area contributed by atoms with E-state index in [2.05, 4.69) is 5.32 Å². The van der Waals surface area contributed by atoms with Gasteiger partial charge in [0.15, 0.2) is 15.4 Å². The minimum Gasteiger partial charge on any atom is -0.458 e. The second-order valence-corrected chi connectivity index (χ2v) is 11.0. The summed E-state index contributed by atoms with van der Waals surface area (Å²) in [6.45, 7) is 1.01. The number of furan rings is 1. The van der Waals surface area contributed by atoms with Crippen molar-refractivity contribution in [1.82, 2.24) is 10.2 Å². The lowest BCUT2D eigenvalue weighted by Gasteiger charge is -2.29. The lowest BCUT2D eigenvalue weighted by molar-refractivity contribution is -0.134. The molecule has 2 fully saturated rings. The molecule has 0 spiro atoms. The summed E-state index contributed by atoms with van der Waals surface area (Å²) < 4.78 is 30.0. The van der Waals surface area contributed by atoms with Crippen LogP contribution in [0.5, 0.6) is 0 Å². The van der Waals surface area contributed by atoms with E-state index in [9.17, 15) is 22.8 Å². The van der Waals surface area contributed by atoms with Gasteiger partial charge in [-0.05, 0) is 37.6 Å². The van der Waals surface area contributed by atoms with Crippen LogP contribution in [0.2, 0.25) is 0 Å². The van der Waals surface area contributed by atoms with Gasteiger partial charge < -0.3 is 14.6 Å². The van der Waals surface area contributed by atoms with Crippen molar-refractivity contribution in [2.75, 3.05) is 23.0 Å². The number of hydrogen-bond donors (Lipinski definition) is 1. The third-order valence-corrected chi connectivity index (χ3v) is 8.11. The Morgan fingerprint density at radius 3 is 2.53 bits per heavy atom. The normalized spacial score (nSPS) is 23.9. The van der Waals surface area contributed by atoms with E-state index in [4.69, 9.17) is 4.42 Å². The zero-order valence-electron chi connectivity index (χ0n) is 18.4. The van der Waals surface area contributed by atoms with E-state index in [0.717, 1.165) is 10.3 Å². The summed E-state index contributed by atoms with van der Waals surface area (Å²) in [7, 11) is -3.26. The van der Waals surface area contributed by atoms with E-state index in [1.165, 1.54) is 11.8 Å². The Hall–Kier alpha value is -3.66. The SMILES string of the molecule is CC1(c2cc3ccccc3o2)NC(=O)N(CC(=O)N(c2ccccc2)C2CCS(=O)(=O)C2)C1=O.